The molecule has 0 aromatic rings. The molecule has 0 fully saturated rings. The van der Waals surface area contributed by atoms with E-state index in [1.807, 2.05) is 0 Å². The molecule has 0 N–H and O–H groups in total. The molecule has 1 rings (SSSR count). The third kappa shape index (κ3) is 2.02. The molecule has 12 heavy (non-hydrogen) atoms. The van der Waals surface area contributed by atoms with E-state index in [1.54, 1.807) is 13.8 Å². The van der Waals surface area contributed by atoms with E-state index in [0.29, 0.717) is 12.0 Å². The number of hydrogen-bond donors (Lipinski definition) is 0. The normalized spacial score (nSPS) is 18.2. The summed E-state index contributed by atoms with van der Waals surface area (Å²) in [4.78, 5) is 0. The smallest absolute Gasteiger partial charge is 0.165 e. The van der Waals surface area contributed by atoms with E-state index in [4.69, 9.17) is 0 Å². The summed E-state index contributed by atoms with van der Waals surface area (Å²) in [6.45, 7) is 3.35. The molecule has 0 aliphatic heterocycles. The second-order valence-corrected chi connectivity index (χ2v) is 2.98. The molecule has 0 bridgehead atoms. The fourth-order valence-electron chi connectivity index (χ4n) is 1.18. The molecule has 3 heteroatoms. The maximum atomic E-state index is 12.1. The summed E-state index contributed by atoms with van der Waals surface area (Å²) >= 11 is 0. The monoisotopic (exact) mass is 174 g/mol. The molecule has 0 aromatic carbocycles. The molecule has 0 nitrogen and oxygen atoms in total. The molecular formula is C9H9F3. The lowest BCUT2D eigenvalue weighted by molar-refractivity contribution is -0.0882. The highest BCUT2D eigenvalue weighted by Gasteiger charge is 2.33. The Morgan fingerprint density at radius 3 is 2.33 bits per heavy atom. The average molecular weight is 174 g/mol. The van der Waals surface area contributed by atoms with Crippen LogP contribution in [0.3, 0.4) is 0 Å². The Balaban J connectivity index is 3.12. The summed E-state index contributed by atoms with van der Waals surface area (Å²) in [5.74, 6) is 0. The number of rotatable bonds is 0. The number of allylic oxidation sites excluding steroid dienone is 3. The second kappa shape index (κ2) is 2.83. The molecule has 0 aromatic heterocycles. The lowest BCUT2D eigenvalue weighted by Crippen LogP contribution is -2.11. The summed E-state index contributed by atoms with van der Waals surface area (Å²) in [6, 6.07) is 0. The first kappa shape index (κ1) is 9.14. The highest BCUT2D eigenvalue weighted by molar-refractivity contribution is 5.34. The van der Waals surface area contributed by atoms with Crippen LogP contribution in [0.5, 0.6) is 0 Å². The Morgan fingerprint density at radius 1 is 1.33 bits per heavy atom. The maximum absolute atomic E-state index is 12.1. The van der Waals surface area contributed by atoms with Crippen LogP contribution in [0, 0.1) is 0 Å². The van der Waals surface area contributed by atoms with E-state index in [-0.39, 0.29) is 0 Å². The van der Waals surface area contributed by atoms with Gasteiger partial charge in [-0.2, -0.15) is 13.2 Å². The van der Waals surface area contributed by atoms with Crippen LogP contribution < -0.4 is 0 Å². The summed E-state index contributed by atoms with van der Waals surface area (Å²) in [5.41, 5.74) is 3.03. The lowest BCUT2D eigenvalue weighted by Gasteiger charge is -2.11. The summed E-state index contributed by atoms with van der Waals surface area (Å²) in [6.07, 6.45) is -2.52. The van der Waals surface area contributed by atoms with Crippen molar-refractivity contribution in [1.82, 2.24) is 0 Å². The van der Waals surface area contributed by atoms with Crippen LogP contribution in [0.2, 0.25) is 0 Å². The lowest BCUT2D eigenvalue weighted by atomic mass is 10.0. The van der Waals surface area contributed by atoms with E-state index >= 15 is 0 Å². The minimum atomic E-state index is -4.26. The molecule has 0 heterocycles. The molecule has 1 aliphatic carbocycles. The average Bonchev–Trinajstić information content (AvgIpc) is 1.82. The Bertz CT molecular complexity index is 285. The van der Waals surface area contributed by atoms with Gasteiger partial charge < -0.3 is 0 Å². The van der Waals surface area contributed by atoms with Crippen LogP contribution in [-0.4, -0.2) is 6.18 Å². The molecule has 0 radical (unpaired) electrons. The SMILES string of the molecule is CC1=C=C(C(F)(F)F)C=C(C)C1. The first-order valence-electron chi connectivity index (χ1n) is 3.60. The molecule has 1 aliphatic rings. The second-order valence-electron chi connectivity index (χ2n) is 2.98. The third-order valence-corrected chi connectivity index (χ3v) is 1.59. The maximum Gasteiger partial charge on any atom is 0.423 e. The van der Waals surface area contributed by atoms with Crippen LogP contribution in [-0.2, 0) is 0 Å². The summed E-state index contributed by atoms with van der Waals surface area (Å²) < 4.78 is 36.4. The van der Waals surface area contributed by atoms with Crippen molar-refractivity contribution in [1.29, 1.82) is 0 Å². The zero-order valence-corrected chi connectivity index (χ0v) is 6.92. The van der Waals surface area contributed by atoms with Gasteiger partial charge in [-0.05, 0) is 31.9 Å². The highest BCUT2D eigenvalue weighted by atomic mass is 19.4. The first-order chi connectivity index (χ1) is 5.39. The van der Waals surface area contributed by atoms with Gasteiger partial charge >= 0.3 is 6.18 Å². The zero-order valence-electron chi connectivity index (χ0n) is 6.92. The quantitative estimate of drug-likeness (QED) is 0.494. The fraction of sp³-hybridized carbons (Fsp3) is 0.444. The Kier molecular flexibility index (Phi) is 2.16. The van der Waals surface area contributed by atoms with Crippen molar-refractivity contribution in [2.24, 2.45) is 0 Å². The van der Waals surface area contributed by atoms with Crippen LogP contribution in [0.4, 0.5) is 13.2 Å². The summed E-state index contributed by atoms with van der Waals surface area (Å²) in [7, 11) is 0. The Labute approximate surface area is 69.1 Å². The van der Waals surface area contributed by atoms with Crippen LogP contribution in [0.15, 0.2) is 28.5 Å². The largest absolute Gasteiger partial charge is 0.423 e. The highest BCUT2D eigenvalue weighted by Crippen LogP contribution is 2.30. The molecule has 0 saturated heterocycles. The van der Waals surface area contributed by atoms with Gasteiger partial charge in [0.05, 0.1) is 5.57 Å². The van der Waals surface area contributed by atoms with Crippen molar-refractivity contribution in [3.8, 4) is 0 Å². The van der Waals surface area contributed by atoms with E-state index < -0.39 is 11.7 Å². The van der Waals surface area contributed by atoms with Crippen molar-refractivity contribution in [2.45, 2.75) is 26.4 Å². The predicted octanol–water partition coefficient (Wildman–Crippen LogP) is 3.37. The van der Waals surface area contributed by atoms with Gasteiger partial charge in [-0.1, -0.05) is 5.57 Å². The molecule has 0 saturated carbocycles. The van der Waals surface area contributed by atoms with Crippen molar-refractivity contribution >= 4 is 0 Å². The number of halogens is 3. The van der Waals surface area contributed by atoms with Gasteiger partial charge in [0.25, 0.3) is 0 Å². The molecule has 0 spiro atoms. The minimum absolute atomic E-state index is 0.597. The van der Waals surface area contributed by atoms with Gasteiger partial charge in [-0.25, -0.2) is 0 Å². The Morgan fingerprint density at radius 2 is 1.92 bits per heavy atom. The van der Waals surface area contributed by atoms with Gasteiger partial charge in [0, 0.05) is 0 Å². The standard InChI is InChI=1S/C9H9F3/c1-6-3-7(2)5-8(4-6)9(10,11)12/h4H,3H2,1-2H3. The first-order valence-corrected chi connectivity index (χ1v) is 3.60. The minimum Gasteiger partial charge on any atom is -0.165 e. The van der Waals surface area contributed by atoms with Crippen molar-refractivity contribution in [3.63, 3.8) is 0 Å². The number of hydrogen-bond acceptors (Lipinski definition) is 0. The Hall–Kier alpha value is -0.950. The van der Waals surface area contributed by atoms with Gasteiger partial charge in [0.1, 0.15) is 0 Å². The molecular weight excluding hydrogens is 165 g/mol. The van der Waals surface area contributed by atoms with Crippen molar-refractivity contribution < 1.29 is 13.2 Å². The van der Waals surface area contributed by atoms with Crippen LogP contribution >= 0.6 is 0 Å². The fourth-order valence-corrected chi connectivity index (χ4v) is 1.18. The van der Waals surface area contributed by atoms with Gasteiger partial charge in [0.2, 0.25) is 0 Å². The third-order valence-electron chi connectivity index (χ3n) is 1.59. The summed E-state index contributed by atoms with van der Waals surface area (Å²) in [5, 5.41) is 0. The van der Waals surface area contributed by atoms with E-state index in [9.17, 15) is 13.2 Å². The van der Waals surface area contributed by atoms with E-state index in [2.05, 4.69) is 5.73 Å². The predicted molar refractivity (Wildman–Crippen MR) is 40.6 cm³/mol. The topological polar surface area (TPSA) is 0 Å². The van der Waals surface area contributed by atoms with E-state index in [1.165, 1.54) is 0 Å². The van der Waals surface area contributed by atoms with Crippen molar-refractivity contribution in [3.05, 3.63) is 28.5 Å². The van der Waals surface area contributed by atoms with Gasteiger partial charge in [-0.3, -0.25) is 0 Å². The molecule has 66 valence electrons. The van der Waals surface area contributed by atoms with Gasteiger partial charge in [0.15, 0.2) is 0 Å². The molecule has 0 atom stereocenters. The number of alkyl halides is 3. The van der Waals surface area contributed by atoms with Crippen LogP contribution in [0.1, 0.15) is 20.3 Å². The van der Waals surface area contributed by atoms with Gasteiger partial charge in [-0.15, -0.1) is 5.73 Å². The van der Waals surface area contributed by atoms with Crippen molar-refractivity contribution in [2.75, 3.05) is 0 Å². The zero-order chi connectivity index (χ0) is 9.35. The van der Waals surface area contributed by atoms with Crippen LogP contribution in [0.25, 0.3) is 0 Å². The molecule has 0 amide bonds. The molecule has 0 unspecified atom stereocenters. The van der Waals surface area contributed by atoms with E-state index in [0.717, 1.165) is 11.6 Å².